The first-order valence-corrected chi connectivity index (χ1v) is 9.38. The van der Waals surface area contributed by atoms with Crippen LogP contribution in [0.2, 0.25) is 0 Å². The Labute approximate surface area is 132 Å². The molecule has 1 aliphatic carbocycles. The second-order valence-corrected chi connectivity index (χ2v) is 7.25. The standard InChI is InChI=1S/C19H38O2/c1-4-5-6-7-8-9-10-11-14-18(20)19(21-3)15-12-13-17(2)16-19/h17-18,20H,4-16H2,1-3H3. The molecule has 0 heterocycles. The third kappa shape index (κ3) is 6.69. The molecule has 1 rings (SSSR count). The summed E-state index contributed by atoms with van der Waals surface area (Å²) in [5.74, 6) is 0.687. The average molecular weight is 299 g/mol. The molecule has 0 aliphatic heterocycles. The molecule has 2 heteroatoms. The van der Waals surface area contributed by atoms with Gasteiger partial charge in [0.1, 0.15) is 0 Å². The fourth-order valence-corrected chi connectivity index (χ4v) is 3.90. The maximum absolute atomic E-state index is 10.6. The third-order valence-electron chi connectivity index (χ3n) is 5.34. The van der Waals surface area contributed by atoms with E-state index < -0.39 is 0 Å². The lowest BCUT2D eigenvalue weighted by atomic mass is 9.74. The van der Waals surface area contributed by atoms with Gasteiger partial charge in [0.25, 0.3) is 0 Å². The van der Waals surface area contributed by atoms with Crippen LogP contribution < -0.4 is 0 Å². The van der Waals surface area contributed by atoms with E-state index in [-0.39, 0.29) is 11.7 Å². The van der Waals surface area contributed by atoms with Crippen molar-refractivity contribution >= 4 is 0 Å². The minimum absolute atomic E-state index is 0.251. The van der Waals surface area contributed by atoms with Crippen LogP contribution in [0.15, 0.2) is 0 Å². The summed E-state index contributed by atoms with van der Waals surface area (Å²) in [6.45, 7) is 4.55. The van der Waals surface area contributed by atoms with E-state index in [1.807, 2.05) is 0 Å². The summed E-state index contributed by atoms with van der Waals surface area (Å²) in [5.41, 5.74) is -0.251. The summed E-state index contributed by atoms with van der Waals surface area (Å²) < 4.78 is 5.78. The van der Waals surface area contributed by atoms with E-state index in [2.05, 4.69) is 13.8 Å². The van der Waals surface area contributed by atoms with E-state index >= 15 is 0 Å². The molecule has 0 aromatic heterocycles. The van der Waals surface area contributed by atoms with Crippen molar-refractivity contribution in [3.8, 4) is 0 Å². The summed E-state index contributed by atoms with van der Waals surface area (Å²) in [5, 5.41) is 10.6. The lowest BCUT2D eigenvalue weighted by Gasteiger charge is -2.42. The summed E-state index contributed by atoms with van der Waals surface area (Å²) >= 11 is 0. The van der Waals surface area contributed by atoms with Crippen LogP contribution in [-0.2, 0) is 4.74 Å². The topological polar surface area (TPSA) is 29.5 Å². The molecule has 0 bridgehead atoms. The Morgan fingerprint density at radius 3 is 2.29 bits per heavy atom. The number of unbranched alkanes of at least 4 members (excludes halogenated alkanes) is 7. The predicted octanol–water partition coefficient (Wildman–Crippen LogP) is 5.47. The van der Waals surface area contributed by atoms with Gasteiger partial charge in [0.05, 0.1) is 11.7 Å². The zero-order valence-corrected chi connectivity index (χ0v) is 14.7. The lowest BCUT2D eigenvalue weighted by Crippen LogP contribution is -2.47. The van der Waals surface area contributed by atoms with Gasteiger partial charge in [-0.05, 0) is 25.2 Å². The fourth-order valence-electron chi connectivity index (χ4n) is 3.90. The quantitative estimate of drug-likeness (QED) is 0.512. The molecule has 1 aliphatic rings. The van der Waals surface area contributed by atoms with E-state index in [4.69, 9.17) is 4.74 Å². The van der Waals surface area contributed by atoms with Crippen LogP contribution in [0.3, 0.4) is 0 Å². The highest BCUT2D eigenvalue weighted by atomic mass is 16.5. The second kappa shape index (κ2) is 10.6. The van der Waals surface area contributed by atoms with Gasteiger partial charge in [-0.1, -0.05) is 78.1 Å². The molecule has 0 amide bonds. The largest absolute Gasteiger partial charge is 0.390 e. The molecule has 0 aromatic carbocycles. The zero-order valence-electron chi connectivity index (χ0n) is 14.7. The van der Waals surface area contributed by atoms with Crippen molar-refractivity contribution in [3.63, 3.8) is 0 Å². The van der Waals surface area contributed by atoms with Crippen molar-refractivity contribution in [2.45, 2.75) is 109 Å². The molecular formula is C19H38O2. The van der Waals surface area contributed by atoms with Crippen LogP contribution in [0, 0.1) is 5.92 Å². The summed E-state index contributed by atoms with van der Waals surface area (Å²) in [6, 6.07) is 0. The highest BCUT2D eigenvalue weighted by Crippen LogP contribution is 2.38. The lowest BCUT2D eigenvalue weighted by molar-refractivity contribution is -0.134. The maximum Gasteiger partial charge on any atom is 0.0938 e. The van der Waals surface area contributed by atoms with Crippen LogP contribution in [0.4, 0.5) is 0 Å². The molecular weight excluding hydrogens is 260 g/mol. The number of methoxy groups -OCH3 is 1. The Bertz CT molecular complexity index is 254. The van der Waals surface area contributed by atoms with Crippen LogP contribution >= 0.6 is 0 Å². The van der Waals surface area contributed by atoms with Crippen molar-refractivity contribution < 1.29 is 9.84 Å². The molecule has 0 spiro atoms. The Hall–Kier alpha value is -0.0800. The Morgan fingerprint density at radius 2 is 1.71 bits per heavy atom. The minimum Gasteiger partial charge on any atom is -0.390 e. The van der Waals surface area contributed by atoms with Crippen LogP contribution in [0.1, 0.15) is 97.3 Å². The number of rotatable bonds is 11. The fraction of sp³-hybridized carbons (Fsp3) is 1.00. The molecule has 1 saturated carbocycles. The second-order valence-electron chi connectivity index (χ2n) is 7.25. The first kappa shape index (κ1) is 19.0. The normalized spacial score (nSPS) is 27.7. The summed E-state index contributed by atoms with van der Waals surface area (Å²) in [6.07, 6.45) is 15.8. The van der Waals surface area contributed by atoms with E-state index in [1.165, 1.54) is 57.8 Å². The molecule has 3 atom stereocenters. The number of hydrogen-bond donors (Lipinski definition) is 1. The van der Waals surface area contributed by atoms with E-state index in [9.17, 15) is 5.11 Å². The monoisotopic (exact) mass is 298 g/mol. The summed E-state index contributed by atoms with van der Waals surface area (Å²) in [4.78, 5) is 0. The van der Waals surface area contributed by atoms with Gasteiger partial charge >= 0.3 is 0 Å². The van der Waals surface area contributed by atoms with Crippen LogP contribution in [0.25, 0.3) is 0 Å². The van der Waals surface area contributed by atoms with Crippen LogP contribution in [0.5, 0.6) is 0 Å². The molecule has 21 heavy (non-hydrogen) atoms. The first-order chi connectivity index (χ1) is 10.1. The van der Waals surface area contributed by atoms with E-state index in [0.717, 1.165) is 25.7 Å². The SMILES string of the molecule is CCCCCCCCCCC(O)C1(OC)CCCC(C)C1. The van der Waals surface area contributed by atoms with Crippen molar-refractivity contribution in [1.82, 2.24) is 0 Å². The molecule has 1 fully saturated rings. The number of aliphatic hydroxyl groups excluding tert-OH is 1. The Kier molecular flexibility index (Phi) is 9.59. The van der Waals surface area contributed by atoms with Crippen LogP contribution in [-0.4, -0.2) is 23.9 Å². The predicted molar refractivity (Wildman–Crippen MR) is 90.6 cm³/mol. The minimum atomic E-state index is -0.273. The smallest absolute Gasteiger partial charge is 0.0938 e. The van der Waals surface area contributed by atoms with Gasteiger partial charge in [0, 0.05) is 7.11 Å². The van der Waals surface area contributed by atoms with Crippen molar-refractivity contribution in [3.05, 3.63) is 0 Å². The highest BCUT2D eigenvalue weighted by Gasteiger charge is 2.40. The van der Waals surface area contributed by atoms with E-state index in [1.54, 1.807) is 7.11 Å². The highest BCUT2D eigenvalue weighted by molar-refractivity contribution is 4.92. The van der Waals surface area contributed by atoms with Gasteiger partial charge in [-0.15, -0.1) is 0 Å². The first-order valence-electron chi connectivity index (χ1n) is 9.38. The van der Waals surface area contributed by atoms with E-state index in [0.29, 0.717) is 5.92 Å². The number of hydrogen-bond acceptors (Lipinski definition) is 2. The molecule has 0 aromatic rings. The molecule has 0 saturated heterocycles. The van der Waals surface area contributed by atoms with Crippen molar-refractivity contribution in [1.29, 1.82) is 0 Å². The van der Waals surface area contributed by atoms with Crippen molar-refractivity contribution in [2.24, 2.45) is 5.92 Å². The number of aliphatic hydroxyl groups is 1. The van der Waals surface area contributed by atoms with Gasteiger partial charge < -0.3 is 9.84 Å². The molecule has 126 valence electrons. The maximum atomic E-state index is 10.6. The third-order valence-corrected chi connectivity index (χ3v) is 5.34. The Morgan fingerprint density at radius 1 is 1.10 bits per heavy atom. The van der Waals surface area contributed by atoms with Gasteiger partial charge in [-0.3, -0.25) is 0 Å². The van der Waals surface area contributed by atoms with Gasteiger partial charge in [-0.25, -0.2) is 0 Å². The average Bonchev–Trinajstić information content (AvgIpc) is 2.49. The summed E-state index contributed by atoms with van der Waals surface area (Å²) in [7, 11) is 1.79. The van der Waals surface area contributed by atoms with Crippen molar-refractivity contribution in [2.75, 3.05) is 7.11 Å². The molecule has 3 unspecified atom stereocenters. The molecule has 0 radical (unpaired) electrons. The molecule has 1 N–H and O–H groups in total. The van der Waals surface area contributed by atoms with Gasteiger partial charge in [-0.2, -0.15) is 0 Å². The van der Waals surface area contributed by atoms with Gasteiger partial charge in [0.15, 0.2) is 0 Å². The molecule has 2 nitrogen and oxygen atoms in total. The number of ether oxygens (including phenoxy) is 1. The Balaban J connectivity index is 2.15. The van der Waals surface area contributed by atoms with Gasteiger partial charge in [0.2, 0.25) is 0 Å². The zero-order chi connectivity index (χ0) is 15.6.